The van der Waals surface area contributed by atoms with E-state index in [-0.39, 0.29) is 0 Å². The van der Waals surface area contributed by atoms with E-state index >= 15 is 0 Å². The zero-order valence-corrected chi connectivity index (χ0v) is 12.3. The molecule has 0 aliphatic carbocycles. The minimum absolute atomic E-state index is 0.876. The highest BCUT2D eigenvalue weighted by Gasteiger charge is 2.05. The maximum absolute atomic E-state index is 4.37. The first-order valence-corrected chi connectivity index (χ1v) is 7.23. The van der Waals surface area contributed by atoms with Gasteiger partial charge in [-0.3, -0.25) is 0 Å². The Morgan fingerprint density at radius 3 is 2.72 bits per heavy atom. The third-order valence-electron chi connectivity index (χ3n) is 2.90. The molecule has 0 unspecified atom stereocenters. The van der Waals surface area contributed by atoms with Gasteiger partial charge in [0.15, 0.2) is 0 Å². The lowest BCUT2D eigenvalue weighted by Crippen LogP contribution is -2.31. The Morgan fingerprint density at radius 1 is 1.22 bits per heavy atom. The number of hydrogen-bond donors (Lipinski definition) is 0. The Labute approximate surface area is 117 Å². The van der Waals surface area contributed by atoms with Gasteiger partial charge < -0.3 is 0 Å². The summed E-state index contributed by atoms with van der Waals surface area (Å²) in [5.74, 6) is 0. The number of nitrogens with zero attached hydrogens (tertiary/aromatic N) is 3. The van der Waals surface area contributed by atoms with E-state index in [4.69, 9.17) is 0 Å². The molecular formula is C14H19BrN3+. The average molecular weight is 309 g/mol. The third-order valence-corrected chi connectivity index (χ3v) is 3.43. The predicted molar refractivity (Wildman–Crippen MR) is 75.2 cm³/mol. The molecule has 0 N–H and O–H groups in total. The van der Waals surface area contributed by atoms with Crippen LogP contribution in [0.15, 0.2) is 41.4 Å². The Balaban J connectivity index is 1.91. The van der Waals surface area contributed by atoms with Crippen LogP contribution in [-0.2, 0) is 13.1 Å². The van der Waals surface area contributed by atoms with Crippen LogP contribution >= 0.6 is 15.9 Å². The molecule has 0 aliphatic heterocycles. The van der Waals surface area contributed by atoms with Crippen LogP contribution in [0.4, 0.5) is 0 Å². The van der Waals surface area contributed by atoms with Crippen LogP contribution in [0, 0.1) is 0 Å². The maximum atomic E-state index is 4.37. The molecule has 0 saturated heterocycles. The van der Waals surface area contributed by atoms with E-state index in [0.717, 1.165) is 17.6 Å². The highest BCUT2D eigenvalue weighted by Crippen LogP contribution is 2.10. The maximum Gasteiger partial charge on any atom is 0.265 e. The topological polar surface area (TPSA) is 21.7 Å². The lowest BCUT2D eigenvalue weighted by molar-refractivity contribution is -0.689. The zero-order chi connectivity index (χ0) is 12.8. The van der Waals surface area contributed by atoms with Crippen molar-refractivity contribution < 1.29 is 4.57 Å². The molecule has 18 heavy (non-hydrogen) atoms. The number of rotatable bonds is 6. The molecule has 0 radical (unpaired) electrons. The van der Waals surface area contributed by atoms with Gasteiger partial charge in [-0.15, -0.1) is 4.68 Å². The van der Waals surface area contributed by atoms with E-state index in [9.17, 15) is 0 Å². The molecular weight excluding hydrogens is 290 g/mol. The summed E-state index contributed by atoms with van der Waals surface area (Å²) in [6.45, 7) is 4.11. The van der Waals surface area contributed by atoms with Crippen molar-refractivity contribution in [1.82, 2.24) is 9.78 Å². The molecule has 0 bridgehead atoms. The Hall–Kier alpha value is -1.16. The summed E-state index contributed by atoms with van der Waals surface area (Å²) in [6.07, 6.45) is 7.70. The van der Waals surface area contributed by atoms with Gasteiger partial charge in [-0.05, 0) is 24.1 Å². The molecule has 2 aromatic rings. The van der Waals surface area contributed by atoms with Gasteiger partial charge >= 0.3 is 0 Å². The standard InChI is InChI=1S/C14H19BrN3/c1-2-3-4-9-18-12-17(11-16-18)10-13-5-7-14(15)8-6-13/h5-8,11-12H,2-4,9-10H2,1H3/q+1. The van der Waals surface area contributed by atoms with Crippen molar-refractivity contribution in [2.45, 2.75) is 39.3 Å². The van der Waals surface area contributed by atoms with Crippen molar-refractivity contribution in [2.24, 2.45) is 0 Å². The fourth-order valence-corrected chi connectivity index (χ4v) is 2.15. The third kappa shape index (κ3) is 3.95. The number of benzene rings is 1. The van der Waals surface area contributed by atoms with Gasteiger partial charge in [0, 0.05) is 9.57 Å². The van der Waals surface area contributed by atoms with Crippen LogP contribution in [0.3, 0.4) is 0 Å². The summed E-state index contributed by atoms with van der Waals surface area (Å²) >= 11 is 3.45. The second kappa shape index (κ2) is 6.69. The first-order chi connectivity index (χ1) is 8.78. The van der Waals surface area contributed by atoms with Gasteiger partial charge in [0.25, 0.3) is 6.33 Å². The molecule has 0 aliphatic rings. The van der Waals surface area contributed by atoms with Gasteiger partial charge in [-0.25, -0.2) is 4.57 Å². The van der Waals surface area contributed by atoms with E-state index < -0.39 is 0 Å². The first kappa shape index (κ1) is 13.3. The molecule has 1 heterocycles. The van der Waals surface area contributed by atoms with Crippen molar-refractivity contribution in [3.8, 4) is 0 Å². The molecule has 0 saturated carbocycles. The number of hydrogen-bond acceptors (Lipinski definition) is 1. The highest BCUT2D eigenvalue weighted by atomic mass is 79.9. The van der Waals surface area contributed by atoms with Crippen LogP contribution in [0.1, 0.15) is 31.7 Å². The Bertz CT molecular complexity index is 476. The summed E-state index contributed by atoms with van der Waals surface area (Å²) in [5, 5.41) is 4.37. The number of unbranched alkanes of at least 4 members (excludes halogenated alkanes) is 2. The highest BCUT2D eigenvalue weighted by molar-refractivity contribution is 9.10. The van der Waals surface area contributed by atoms with Crippen molar-refractivity contribution >= 4 is 15.9 Å². The average Bonchev–Trinajstić information content (AvgIpc) is 2.80. The van der Waals surface area contributed by atoms with Crippen LogP contribution in [0.5, 0.6) is 0 Å². The fraction of sp³-hybridized carbons (Fsp3) is 0.429. The Kier molecular flexibility index (Phi) is 4.93. The number of aryl methyl sites for hydroxylation is 1. The monoisotopic (exact) mass is 308 g/mol. The largest absolute Gasteiger partial charge is 0.265 e. The van der Waals surface area contributed by atoms with E-state index in [1.165, 1.54) is 24.8 Å². The molecule has 4 heteroatoms. The second-order valence-electron chi connectivity index (χ2n) is 4.52. The molecule has 3 nitrogen and oxygen atoms in total. The van der Waals surface area contributed by atoms with E-state index in [2.05, 4.69) is 63.1 Å². The summed E-state index contributed by atoms with van der Waals surface area (Å²) in [7, 11) is 0. The van der Waals surface area contributed by atoms with Gasteiger partial charge in [0.2, 0.25) is 6.33 Å². The summed E-state index contributed by atoms with van der Waals surface area (Å²) in [4.78, 5) is 0. The van der Waals surface area contributed by atoms with E-state index in [0.29, 0.717) is 0 Å². The van der Waals surface area contributed by atoms with Crippen molar-refractivity contribution in [3.63, 3.8) is 0 Å². The molecule has 1 aromatic carbocycles. The van der Waals surface area contributed by atoms with Gasteiger partial charge in [0.1, 0.15) is 6.54 Å². The van der Waals surface area contributed by atoms with Crippen molar-refractivity contribution in [3.05, 3.63) is 47.0 Å². The molecule has 0 spiro atoms. The van der Waals surface area contributed by atoms with E-state index in [1.807, 2.05) is 11.0 Å². The van der Waals surface area contributed by atoms with Gasteiger partial charge in [-0.2, -0.15) is 0 Å². The fourth-order valence-electron chi connectivity index (χ4n) is 1.89. The Morgan fingerprint density at radius 2 is 2.00 bits per heavy atom. The van der Waals surface area contributed by atoms with Crippen LogP contribution in [0.2, 0.25) is 0 Å². The second-order valence-corrected chi connectivity index (χ2v) is 5.43. The van der Waals surface area contributed by atoms with Crippen LogP contribution < -0.4 is 4.57 Å². The minimum Gasteiger partial charge on any atom is -0.233 e. The van der Waals surface area contributed by atoms with Gasteiger partial charge in [-0.1, -0.05) is 47.8 Å². The van der Waals surface area contributed by atoms with Gasteiger partial charge in [0.05, 0.1) is 6.54 Å². The number of halogens is 1. The molecule has 96 valence electrons. The molecule has 0 atom stereocenters. The van der Waals surface area contributed by atoms with Crippen molar-refractivity contribution in [2.75, 3.05) is 0 Å². The minimum atomic E-state index is 0.876. The molecule has 1 aromatic heterocycles. The zero-order valence-electron chi connectivity index (χ0n) is 10.7. The lowest BCUT2D eigenvalue weighted by atomic mass is 10.2. The van der Waals surface area contributed by atoms with E-state index in [1.54, 1.807) is 0 Å². The SMILES string of the molecule is CCCCCn1c[n+](Cc2ccc(Br)cc2)cn1. The summed E-state index contributed by atoms with van der Waals surface area (Å²) in [5.41, 5.74) is 1.29. The van der Waals surface area contributed by atoms with Crippen LogP contribution in [-0.4, -0.2) is 9.78 Å². The smallest absolute Gasteiger partial charge is 0.233 e. The van der Waals surface area contributed by atoms with Crippen molar-refractivity contribution in [1.29, 1.82) is 0 Å². The predicted octanol–water partition coefficient (Wildman–Crippen LogP) is 3.17. The lowest BCUT2D eigenvalue weighted by Gasteiger charge is -1.98. The first-order valence-electron chi connectivity index (χ1n) is 6.44. The molecule has 0 amide bonds. The normalized spacial score (nSPS) is 10.8. The summed E-state index contributed by atoms with van der Waals surface area (Å²) < 4.78 is 5.26. The molecule has 2 rings (SSSR count). The van der Waals surface area contributed by atoms with Crippen LogP contribution in [0.25, 0.3) is 0 Å². The quantitative estimate of drug-likeness (QED) is 0.593. The summed E-state index contributed by atoms with van der Waals surface area (Å²) in [6, 6.07) is 8.40. The molecule has 0 fully saturated rings. The number of aromatic nitrogens is 3.